The number of esters is 1. The molecular weight excluding hydrogens is 414 g/mol. The highest BCUT2D eigenvalue weighted by atomic mass is 32.2. The molecule has 0 aliphatic rings. The van der Waals surface area contributed by atoms with Crippen LogP contribution >= 0.6 is 0 Å². The van der Waals surface area contributed by atoms with Crippen molar-refractivity contribution in [2.45, 2.75) is 16.7 Å². The molecule has 13 heteroatoms. The molecule has 0 N–H and O–H groups in total. The van der Waals surface area contributed by atoms with Crippen LogP contribution in [-0.2, 0) is 14.6 Å². The highest BCUT2D eigenvalue weighted by molar-refractivity contribution is 7.91. The van der Waals surface area contributed by atoms with Gasteiger partial charge in [0, 0.05) is 6.92 Å². The third-order valence-corrected chi connectivity index (χ3v) is 5.11. The fraction of sp³-hybridized carbons (Fsp3) is 0.133. The molecule has 2 aromatic carbocycles. The van der Waals surface area contributed by atoms with Crippen molar-refractivity contribution in [3.8, 4) is 11.5 Å². The topological polar surface area (TPSA) is 113 Å². The third-order valence-electron chi connectivity index (χ3n) is 3.34. The highest BCUT2D eigenvalue weighted by Gasteiger charge is 2.40. The van der Waals surface area contributed by atoms with Gasteiger partial charge in [0.05, 0.1) is 16.9 Å². The van der Waals surface area contributed by atoms with Gasteiger partial charge in [0.25, 0.3) is 0 Å². The van der Waals surface area contributed by atoms with E-state index in [4.69, 9.17) is 0 Å². The summed E-state index contributed by atoms with van der Waals surface area (Å²) in [5.41, 5.74) is -1.92. The Hall–Kier alpha value is -3.22. The average Bonchev–Trinajstić information content (AvgIpc) is 2.58. The van der Waals surface area contributed by atoms with E-state index in [9.17, 15) is 40.9 Å². The van der Waals surface area contributed by atoms with Gasteiger partial charge < -0.3 is 9.47 Å². The first-order valence-electron chi connectivity index (χ1n) is 7.05. The third kappa shape index (κ3) is 3.47. The second-order valence-electron chi connectivity index (χ2n) is 5.10. The van der Waals surface area contributed by atoms with E-state index in [0.717, 1.165) is 13.2 Å². The molecule has 0 aliphatic heterocycles. The van der Waals surface area contributed by atoms with Crippen LogP contribution in [0.5, 0.6) is 11.5 Å². The molecule has 8 nitrogen and oxygen atoms in total. The Morgan fingerprint density at radius 2 is 1.71 bits per heavy atom. The highest BCUT2D eigenvalue weighted by Crippen LogP contribution is 2.41. The number of benzene rings is 2. The molecule has 0 aromatic heterocycles. The normalized spacial score (nSPS) is 11.2. The first-order valence-corrected chi connectivity index (χ1v) is 8.53. The second-order valence-corrected chi connectivity index (χ2v) is 6.99. The lowest BCUT2D eigenvalue weighted by atomic mass is 10.2. The van der Waals surface area contributed by atoms with Crippen molar-refractivity contribution in [2.75, 3.05) is 7.11 Å². The minimum atomic E-state index is -5.30. The zero-order chi connectivity index (χ0) is 21.4. The number of methoxy groups -OCH3 is 1. The number of carbonyl (C=O) groups excluding carboxylic acids is 1. The summed E-state index contributed by atoms with van der Waals surface area (Å²) in [6, 6.07) is 1.84. The SMILES string of the molecule is COc1ccc(S(=O)(=O)c2c(F)c(F)c(OC(C)=O)c([N+](=O)[O-])c2F)cc1F. The predicted octanol–water partition coefficient (Wildman–Crippen LogP) is 2.92. The van der Waals surface area contributed by atoms with Crippen molar-refractivity contribution < 1.29 is 45.2 Å². The number of carbonyl (C=O) groups is 1. The van der Waals surface area contributed by atoms with Crippen LogP contribution in [0.3, 0.4) is 0 Å². The lowest BCUT2D eigenvalue weighted by molar-refractivity contribution is -0.389. The Kier molecular flexibility index (Phi) is 5.59. The molecule has 0 spiro atoms. The number of rotatable bonds is 5. The minimum Gasteiger partial charge on any atom is -0.494 e. The monoisotopic (exact) mass is 423 g/mol. The van der Waals surface area contributed by atoms with Crippen molar-refractivity contribution in [1.29, 1.82) is 0 Å². The van der Waals surface area contributed by atoms with Gasteiger partial charge in [-0.05, 0) is 18.2 Å². The fourth-order valence-corrected chi connectivity index (χ4v) is 3.57. The van der Waals surface area contributed by atoms with Crippen LogP contribution in [0.25, 0.3) is 0 Å². The van der Waals surface area contributed by atoms with Crippen molar-refractivity contribution in [2.24, 2.45) is 0 Å². The molecule has 28 heavy (non-hydrogen) atoms. The largest absolute Gasteiger partial charge is 0.494 e. The number of ether oxygens (including phenoxy) is 2. The number of nitro groups is 1. The Bertz CT molecular complexity index is 1100. The molecule has 0 bridgehead atoms. The van der Waals surface area contributed by atoms with Crippen LogP contribution in [0.4, 0.5) is 23.2 Å². The molecule has 0 amide bonds. The summed E-state index contributed by atoms with van der Waals surface area (Å²) < 4.78 is 90.5. The maximum atomic E-state index is 14.6. The van der Waals surface area contributed by atoms with Gasteiger partial charge in [-0.3, -0.25) is 14.9 Å². The summed E-state index contributed by atoms with van der Waals surface area (Å²) in [5.74, 6) is -11.7. The lowest BCUT2D eigenvalue weighted by Gasteiger charge is -2.12. The molecule has 0 unspecified atom stereocenters. The van der Waals surface area contributed by atoms with Crippen LogP contribution < -0.4 is 9.47 Å². The zero-order valence-corrected chi connectivity index (χ0v) is 14.8. The minimum absolute atomic E-state index is 0.330. The molecule has 0 saturated heterocycles. The van der Waals surface area contributed by atoms with Crippen molar-refractivity contribution >= 4 is 21.5 Å². The molecule has 0 saturated carbocycles. The van der Waals surface area contributed by atoms with Gasteiger partial charge in [-0.15, -0.1) is 0 Å². The first-order chi connectivity index (χ1) is 12.9. The average molecular weight is 423 g/mol. The predicted molar refractivity (Wildman–Crippen MR) is 82.7 cm³/mol. The van der Waals surface area contributed by atoms with Gasteiger partial charge in [-0.25, -0.2) is 17.2 Å². The van der Waals surface area contributed by atoms with E-state index in [-0.39, 0.29) is 0 Å². The van der Waals surface area contributed by atoms with Crippen LogP contribution in [0.2, 0.25) is 0 Å². The van der Waals surface area contributed by atoms with E-state index < -0.39 is 71.0 Å². The zero-order valence-electron chi connectivity index (χ0n) is 14.0. The Balaban J connectivity index is 2.87. The van der Waals surface area contributed by atoms with E-state index in [1.807, 2.05) is 0 Å². The van der Waals surface area contributed by atoms with Gasteiger partial charge in [0.2, 0.25) is 27.2 Å². The maximum absolute atomic E-state index is 14.6. The summed E-state index contributed by atoms with van der Waals surface area (Å²) in [4.78, 5) is 17.3. The van der Waals surface area contributed by atoms with E-state index >= 15 is 0 Å². The van der Waals surface area contributed by atoms with Gasteiger partial charge in [0.1, 0.15) is 0 Å². The number of sulfone groups is 1. The standard InChI is InChI=1S/C15H9F4NO7S/c1-6(21)27-14-10(17)11(18)15(12(19)13(14)20(22)23)28(24,25)7-3-4-9(26-2)8(16)5-7/h3-5H,1-2H3. The summed E-state index contributed by atoms with van der Waals surface area (Å²) in [6.45, 7) is 0.670. The molecule has 0 fully saturated rings. The number of halogens is 4. The molecule has 2 rings (SSSR count). The smallest absolute Gasteiger partial charge is 0.351 e. The van der Waals surface area contributed by atoms with E-state index in [2.05, 4.69) is 9.47 Å². The first kappa shape index (κ1) is 21.1. The number of nitrogens with zero attached hydrogens (tertiary/aromatic N) is 1. The Morgan fingerprint density at radius 1 is 1.11 bits per heavy atom. The van der Waals surface area contributed by atoms with Crippen molar-refractivity contribution in [3.05, 3.63) is 51.6 Å². The molecule has 0 radical (unpaired) electrons. The summed E-state index contributed by atoms with van der Waals surface area (Å²) in [6.07, 6.45) is 0. The summed E-state index contributed by atoms with van der Waals surface area (Å²) >= 11 is 0. The summed E-state index contributed by atoms with van der Waals surface area (Å²) in [7, 11) is -4.23. The summed E-state index contributed by atoms with van der Waals surface area (Å²) in [5, 5.41) is 11.1. The molecule has 0 atom stereocenters. The van der Waals surface area contributed by atoms with Crippen LogP contribution in [0, 0.1) is 33.4 Å². The molecule has 2 aromatic rings. The second kappa shape index (κ2) is 7.42. The van der Waals surface area contributed by atoms with E-state index in [0.29, 0.717) is 19.1 Å². The Labute approximate surface area is 154 Å². The lowest BCUT2D eigenvalue weighted by Crippen LogP contribution is -2.15. The molecule has 0 aliphatic carbocycles. The van der Waals surface area contributed by atoms with E-state index in [1.165, 1.54) is 0 Å². The quantitative estimate of drug-likeness (QED) is 0.181. The molecular formula is C15H9F4NO7S. The Morgan fingerprint density at radius 3 is 2.18 bits per heavy atom. The van der Waals surface area contributed by atoms with Crippen LogP contribution in [0.15, 0.2) is 28.0 Å². The van der Waals surface area contributed by atoms with Crippen molar-refractivity contribution in [3.63, 3.8) is 0 Å². The number of hydrogen-bond donors (Lipinski definition) is 0. The van der Waals surface area contributed by atoms with Crippen LogP contribution in [-0.4, -0.2) is 26.4 Å². The van der Waals surface area contributed by atoms with E-state index in [1.54, 1.807) is 0 Å². The molecule has 150 valence electrons. The van der Waals surface area contributed by atoms with Crippen LogP contribution in [0.1, 0.15) is 6.92 Å². The number of hydrogen-bond acceptors (Lipinski definition) is 7. The van der Waals surface area contributed by atoms with Gasteiger partial charge in [-0.2, -0.15) is 8.78 Å². The van der Waals surface area contributed by atoms with Crippen molar-refractivity contribution in [1.82, 2.24) is 0 Å². The van der Waals surface area contributed by atoms with Gasteiger partial charge >= 0.3 is 11.7 Å². The number of nitro benzene ring substituents is 1. The maximum Gasteiger partial charge on any atom is 0.351 e. The fourth-order valence-electron chi connectivity index (χ4n) is 2.17. The van der Waals surface area contributed by atoms with Gasteiger partial charge in [0.15, 0.2) is 22.3 Å². The molecule has 0 heterocycles. The van der Waals surface area contributed by atoms with Gasteiger partial charge in [-0.1, -0.05) is 0 Å².